The SMILES string of the molecule is Cc1cccc([N+](=O)[O-])c1C(=O)N(C)CC1CCNCC1. The van der Waals surface area contributed by atoms with Gasteiger partial charge in [-0.1, -0.05) is 12.1 Å². The van der Waals surface area contributed by atoms with E-state index in [0.717, 1.165) is 25.9 Å². The van der Waals surface area contributed by atoms with E-state index in [1.54, 1.807) is 31.0 Å². The van der Waals surface area contributed by atoms with Crippen LogP contribution in [0.15, 0.2) is 18.2 Å². The molecule has 1 amide bonds. The maximum Gasteiger partial charge on any atom is 0.282 e. The smallest absolute Gasteiger partial charge is 0.282 e. The van der Waals surface area contributed by atoms with Crippen molar-refractivity contribution in [1.82, 2.24) is 10.2 Å². The van der Waals surface area contributed by atoms with Crippen molar-refractivity contribution in [3.8, 4) is 0 Å². The van der Waals surface area contributed by atoms with Crippen molar-refractivity contribution in [1.29, 1.82) is 0 Å². The molecule has 0 bridgehead atoms. The molecule has 1 aromatic rings. The van der Waals surface area contributed by atoms with Crippen LogP contribution in [0, 0.1) is 23.0 Å². The minimum absolute atomic E-state index is 0.114. The minimum Gasteiger partial charge on any atom is -0.341 e. The lowest BCUT2D eigenvalue weighted by Crippen LogP contribution is -2.37. The molecule has 2 rings (SSSR count). The highest BCUT2D eigenvalue weighted by Gasteiger charge is 2.26. The first-order chi connectivity index (χ1) is 10.0. The van der Waals surface area contributed by atoms with Crippen molar-refractivity contribution in [3.63, 3.8) is 0 Å². The van der Waals surface area contributed by atoms with Gasteiger partial charge in [0.1, 0.15) is 5.56 Å². The third-order valence-electron chi connectivity index (χ3n) is 4.00. The van der Waals surface area contributed by atoms with E-state index >= 15 is 0 Å². The molecule has 1 aromatic carbocycles. The van der Waals surface area contributed by atoms with E-state index in [4.69, 9.17) is 0 Å². The second-order valence-electron chi connectivity index (χ2n) is 5.61. The summed E-state index contributed by atoms with van der Waals surface area (Å²) in [5, 5.41) is 14.4. The Hall–Kier alpha value is -1.95. The van der Waals surface area contributed by atoms with Crippen LogP contribution < -0.4 is 5.32 Å². The van der Waals surface area contributed by atoms with E-state index in [1.165, 1.54) is 6.07 Å². The molecule has 0 radical (unpaired) electrons. The Bertz CT molecular complexity index is 539. The average molecular weight is 291 g/mol. The van der Waals surface area contributed by atoms with Gasteiger partial charge in [-0.2, -0.15) is 0 Å². The van der Waals surface area contributed by atoms with Gasteiger partial charge < -0.3 is 10.2 Å². The van der Waals surface area contributed by atoms with E-state index in [9.17, 15) is 14.9 Å². The Kier molecular flexibility index (Phi) is 4.90. The number of carbonyl (C=O) groups is 1. The summed E-state index contributed by atoms with van der Waals surface area (Å²) >= 11 is 0. The van der Waals surface area contributed by atoms with Gasteiger partial charge in [0.2, 0.25) is 0 Å². The number of benzene rings is 1. The van der Waals surface area contributed by atoms with Crippen LogP contribution in [-0.2, 0) is 0 Å². The van der Waals surface area contributed by atoms with E-state index in [2.05, 4.69) is 5.32 Å². The zero-order chi connectivity index (χ0) is 15.4. The molecule has 0 unspecified atom stereocenters. The third kappa shape index (κ3) is 3.58. The summed E-state index contributed by atoms with van der Waals surface area (Å²) in [7, 11) is 1.72. The molecule has 1 aliphatic heterocycles. The van der Waals surface area contributed by atoms with Crippen molar-refractivity contribution in [2.24, 2.45) is 5.92 Å². The molecule has 21 heavy (non-hydrogen) atoms. The number of nitro groups is 1. The van der Waals surface area contributed by atoms with Gasteiger partial charge in [-0.3, -0.25) is 14.9 Å². The van der Waals surface area contributed by atoms with E-state index in [0.29, 0.717) is 18.0 Å². The lowest BCUT2D eigenvalue weighted by atomic mass is 9.97. The summed E-state index contributed by atoms with van der Waals surface area (Å²) in [6, 6.07) is 4.73. The molecule has 1 N–H and O–H groups in total. The first-order valence-electron chi connectivity index (χ1n) is 7.21. The van der Waals surface area contributed by atoms with Crippen LogP contribution in [0.25, 0.3) is 0 Å². The van der Waals surface area contributed by atoms with Crippen LogP contribution in [0.5, 0.6) is 0 Å². The van der Waals surface area contributed by atoms with Crippen LogP contribution in [0.4, 0.5) is 5.69 Å². The van der Waals surface area contributed by atoms with Crippen molar-refractivity contribution in [2.75, 3.05) is 26.7 Å². The van der Waals surface area contributed by atoms with Gasteiger partial charge >= 0.3 is 0 Å². The Labute approximate surface area is 124 Å². The van der Waals surface area contributed by atoms with Crippen LogP contribution in [0.1, 0.15) is 28.8 Å². The van der Waals surface area contributed by atoms with Crippen LogP contribution >= 0.6 is 0 Å². The van der Waals surface area contributed by atoms with Gasteiger partial charge in [-0.25, -0.2) is 0 Å². The first-order valence-corrected chi connectivity index (χ1v) is 7.21. The topological polar surface area (TPSA) is 75.5 Å². The summed E-state index contributed by atoms with van der Waals surface area (Å²) in [5.74, 6) is 0.196. The molecule has 0 saturated carbocycles. The Balaban J connectivity index is 2.17. The lowest BCUT2D eigenvalue weighted by molar-refractivity contribution is -0.385. The summed E-state index contributed by atoms with van der Waals surface area (Å²) in [6.07, 6.45) is 2.07. The highest BCUT2D eigenvalue weighted by Crippen LogP contribution is 2.24. The fourth-order valence-electron chi connectivity index (χ4n) is 2.81. The molecule has 0 aromatic heterocycles. The van der Waals surface area contributed by atoms with Gasteiger partial charge in [0, 0.05) is 19.7 Å². The molecule has 1 aliphatic rings. The molecule has 1 fully saturated rings. The fourth-order valence-corrected chi connectivity index (χ4v) is 2.81. The standard InChI is InChI=1S/C15H21N3O3/c1-11-4-3-5-13(18(20)21)14(11)15(19)17(2)10-12-6-8-16-9-7-12/h3-5,12,16H,6-10H2,1-2H3. The van der Waals surface area contributed by atoms with Gasteiger partial charge in [0.05, 0.1) is 4.92 Å². The Morgan fingerprint density at radius 1 is 1.43 bits per heavy atom. The number of aryl methyl sites for hydroxylation is 1. The largest absolute Gasteiger partial charge is 0.341 e. The van der Waals surface area contributed by atoms with Crippen molar-refractivity contribution in [3.05, 3.63) is 39.4 Å². The number of rotatable bonds is 4. The number of nitro benzene ring substituents is 1. The molecule has 6 nitrogen and oxygen atoms in total. The summed E-state index contributed by atoms with van der Waals surface area (Å²) in [5.41, 5.74) is 0.738. The quantitative estimate of drug-likeness (QED) is 0.680. The van der Waals surface area contributed by atoms with E-state index < -0.39 is 4.92 Å². The molecular weight excluding hydrogens is 270 g/mol. The number of carbonyl (C=O) groups excluding carboxylic acids is 1. The second kappa shape index (κ2) is 6.67. The molecule has 6 heteroatoms. The van der Waals surface area contributed by atoms with Crippen molar-refractivity contribution >= 4 is 11.6 Å². The average Bonchev–Trinajstić information content (AvgIpc) is 2.47. The van der Waals surface area contributed by atoms with Crippen LogP contribution in [0.3, 0.4) is 0 Å². The van der Waals surface area contributed by atoms with Crippen molar-refractivity contribution < 1.29 is 9.72 Å². The fraction of sp³-hybridized carbons (Fsp3) is 0.533. The maximum absolute atomic E-state index is 12.6. The normalized spacial score (nSPS) is 15.7. The molecule has 114 valence electrons. The predicted molar refractivity (Wildman–Crippen MR) is 80.4 cm³/mol. The molecule has 1 heterocycles. The zero-order valence-electron chi connectivity index (χ0n) is 12.5. The molecular formula is C15H21N3O3. The number of hydrogen-bond acceptors (Lipinski definition) is 4. The number of nitrogens with one attached hydrogen (secondary N) is 1. The minimum atomic E-state index is -0.487. The predicted octanol–water partition coefficient (Wildman–Crippen LogP) is 1.97. The van der Waals surface area contributed by atoms with Crippen LogP contribution in [-0.4, -0.2) is 42.4 Å². The Morgan fingerprint density at radius 2 is 2.10 bits per heavy atom. The molecule has 0 aliphatic carbocycles. The van der Waals surface area contributed by atoms with Gasteiger partial charge in [-0.05, 0) is 44.3 Å². The number of hydrogen-bond donors (Lipinski definition) is 1. The molecule has 0 atom stereocenters. The molecule has 0 spiro atoms. The van der Waals surface area contributed by atoms with Crippen molar-refractivity contribution in [2.45, 2.75) is 19.8 Å². The Morgan fingerprint density at radius 3 is 2.71 bits per heavy atom. The number of nitrogens with zero attached hydrogens (tertiary/aromatic N) is 2. The molecule has 1 saturated heterocycles. The van der Waals surface area contributed by atoms with Gasteiger partial charge in [-0.15, -0.1) is 0 Å². The summed E-state index contributed by atoms with van der Waals surface area (Å²) in [4.78, 5) is 24.8. The van der Waals surface area contributed by atoms with Gasteiger partial charge in [0.25, 0.3) is 11.6 Å². The number of amides is 1. The zero-order valence-corrected chi connectivity index (χ0v) is 12.5. The monoisotopic (exact) mass is 291 g/mol. The highest BCUT2D eigenvalue weighted by molar-refractivity contribution is 5.99. The van der Waals surface area contributed by atoms with E-state index in [-0.39, 0.29) is 17.2 Å². The maximum atomic E-state index is 12.6. The van der Waals surface area contributed by atoms with Crippen LogP contribution in [0.2, 0.25) is 0 Å². The first kappa shape index (κ1) is 15.4. The third-order valence-corrected chi connectivity index (χ3v) is 4.00. The van der Waals surface area contributed by atoms with E-state index in [1.807, 2.05) is 0 Å². The second-order valence-corrected chi connectivity index (χ2v) is 5.61. The summed E-state index contributed by atoms with van der Waals surface area (Å²) < 4.78 is 0. The lowest BCUT2D eigenvalue weighted by Gasteiger charge is -2.27. The summed E-state index contributed by atoms with van der Waals surface area (Å²) in [6.45, 7) is 4.32. The number of piperidine rings is 1. The highest BCUT2D eigenvalue weighted by atomic mass is 16.6. The van der Waals surface area contributed by atoms with Gasteiger partial charge in [0.15, 0.2) is 0 Å².